The number of anilines is 1. The van der Waals surface area contributed by atoms with Crippen LogP contribution in [0.25, 0.3) is 0 Å². The van der Waals surface area contributed by atoms with Crippen LogP contribution in [-0.4, -0.2) is 25.5 Å². The maximum absolute atomic E-state index is 12.6. The standard InChI is InChI=1S/C20H30N2O4/c1-3-4-5-14-6-8-15(9-7-14)20(24)22-16-10-11-17(25-2)18(12-16)26-13-19(21)23/h10-12,14-15H,3-9,13H2,1-2H3,(H2,21,23)(H,22,24). The first-order valence-corrected chi connectivity index (χ1v) is 9.43. The third-order valence-electron chi connectivity index (χ3n) is 4.98. The lowest BCUT2D eigenvalue weighted by atomic mass is 9.79. The third-order valence-corrected chi connectivity index (χ3v) is 4.98. The molecular formula is C20H30N2O4. The molecule has 6 nitrogen and oxygen atoms in total. The van der Waals surface area contributed by atoms with Crippen LogP contribution in [0.4, 0.5) is 5.69 Å². The molecular weight excluding hydrogens is 332 g/mol. The number of carbonyl (C=O) groups is 2. The van der Waals surface area contributed by atoms with Crippen molar-refractivity contribution >= 4 is 17.5 Å². The predicted octanol–water partition coefficient (Wildman–Crippen LogP) is 3.49. The Hall–Kier alpha value is -2.24. The summed E-state index contributed by atoms with van der Waals surface area (Å²) in [6.07, 6.45) is 7.95. The van der Waals surface area contributed by atoms with Crippen molar-refractivity contribution < 1.29 is 19.1 Å². The summed E-state index contributed by atoms with van der Waals surface area (Å²) in [5.41, 5.74) is 5.74. The van der Waals surface area contributed by atoms with E-state index < -0.39 is 5.91 Å². The summed E-state index contributed by atoms with van der Waals surface area (Å²) >= 11 is 0. The molecule has 3 N–H and O–H groups in total. The summed E-state index contributed by atoms with van der Waals surface area (Å²) < 4.78 is 10.6. The quantitative estimate of drug-likeness (QED) is 0.703. The summed E-state index contributed by atoms with van der Waals surface area (Å²) in [6.45, 7) is 1.98. The Labute approximate surface area is 155 Å². The second-order valence-corrected chi connectivity index (χ2v) is 6.97. The van der Waals surface area contributed by atoms with E-state index >= 15 is 0 Å². The van der Waals surface area contributed by atoms with Gasteiger partial charge in [0.1, 0.15) is 0 Å². The van der Waals surface area contributed by atoms with Crippen molar-refractivity contribution in [3.63, 3.8) is 0 Å². The number of benzene rings is 1. The average molecular weight is 362 g/mol. The van der Waals surface area contributed by atoms with Crippen LogP contribution >= 0.6 is 0 Å². The van der Waals surface area contributed by atoms with E-state index in [1.165, 1.54) is 26.4 Å². The van der Waals surface area contributed by atoms with Gasteiger partial charge in [-0.3, -0.25) is 9.59 Å². The molecule has 0 atom stereocenters. The Morgan fingerprint density at radius 1 is 1.19 bits per heavy atom. The molecule has 2 rings (SSSR count). The number of primary amides is 1. The van der Waals surface area contributed by atoms with Gasteiger partial charge in [-0.05, 0) is 43.7 Å². The summed E-state index contributed by atoms with van der Waals surface area (Å²) in [6, 6.07) is 5.13. The number of methoxy groups -OCH3 is 1. The van der Waals surface area contributed by atoms with Gasteiger partial charge in [0.25, 0.3) is 5.91 Å². The molecule has 2 amide bonds. The minimum Gasteiger partial charge on any atom is -0.493 e. The molecule has 1 aromatic carbocycles. The van der Waals surface area contributed by atoms with Gasteiger partial charge in [-0.2, -0.15) is 0 Å². The fraction of sp³-hybridized carbons (Fsp3) is 0.600. The third kappa shape index (κ3) is 5.93. The Morgan fingerprint density at radius 3 is 2.54 bits per heavy atom. The number of amides is 2. The second-order valence-electron chi connectivity index (χ2n) is 6.97. The Balaban J connectivity index is 1.92. The van der Waals surface area contributed by atoms with Crippen molar-refractivity contribution in [3.05, 3.63) is 18.2 Å². The van der Waals surface area contributed by atoms with Crippen LogP contribution in [0.2, 0.25) is 0 Å². The van der Waals surface area contributed by atoms with Crippen molar-refractivity contribution in [1.82, 2.24) is 0 Å². The van der Waals surface area contributed by atoms with Crippen molar-refractivity contribution in [2.45, 2.75) is 51.9 Å². The molecule has 0 saturated heterocycles. The fourth-order valence-electron chi connectivity index (χ4n) is 3.47. The maximum Gasteiger partial charge on any atom is 0.255 e. The van der Waals surface area contributed by atoms with Gasteiger partial charge in [-0.1, -0.05) is 26.2 Å². The molecule has 1 saturated carbocycles. The number of rotatable bonds is 9. The van der Waals surface area contributed by atoms with Crippen molar-refractivity contribution in [3.8, 4) is 11.5 Å². The van der Waals surface area contributed by atoms with Gasteiger partial charge in [0.05, 0.1) is 7.11 Å². The van der Waals surface area contributed by atoms with Gasteiger partial charge >= 0.3 is 0 Å². The second kappa shape index (κ2) is 10.0. The lowest BCUT2D eigenvalue weighted by molar-refractivity contribution is -0.121. The summed E-state index contributed by atoms with van der Waals surface area (Å²) in [4.78, 5) is 23.5. The van der Waals surface area contributed by atoms with Crippen molar-refractivity contribution in [1.29, 1.82) is 0 Å². The number of hydrogen-bond acceptors (Lipinski definition) is 4. The fourth-order valence-corrected chi connectivity index (χ4v) is 3.47. The molecule has 6 heteroatoms. The van der Waals surface area contributed by atoms with Gasteiger partial charge in [0.2, 0.25) is 5.91 Å². The minimum absolute atomic E-state index is 0.0463. The van der Waals surface area contributed by atoms with Crippen molar-refractivity contribution in [2.75, 3.05) is 19.0 Å². The molecule has 144 valence electrons. The highest BCUT2D eigenvalue weighted by molar-refractivity contribution is 5.93. The lowest BCUT2D eigenvalue weighted by Crippen LogP contribution is -2.27. The smallest absolute Gasteiger partial charge is 0.255 e. The molecule has 0 bridgehead atoms. The van der Waals surface area contributed by atoms with Crippen LogP contribution in [0.3, 0.4) is 0 Å². The molecule has 0 spiro atoms. The van der Waals surface area contributed by atoms with E-state index in [4.69, 9.17) is 15.2 Å². The predicted molar refractivity (Wildman–Crippen MR) is 101 cm³/mol. The highest BCUT2D eigenvalue weighted by Gasteiger charge is 2.26. The van der Waals surface area contributed by atoms with E-state index in [1.807, 2.05) is 0 Å². The minimum atomic E-state index is -0.568. The van der Waals surface area contributed by atoms with Crippen LogP contribution in [-0.2, 0) is 9.59 Å². The maximum atomic E-state index is 12.6. The molecule has 1 aliphatic rings. The molecule has 0 aliphatic heterocycles. The lowest BCUT2D eigenvalue weighted by Gasteiger charge is -2.27. The normalized spacial score (nSPS) is 19.6. The number of ether oxygens (including phenoxy) is 2. The van der Waals surface area contributed by atoms with Crippen LogP contribution < -0.4 is 20.5 Å². The average Bonchev–Trinajstić information content (AvgIpc) is 2.65. The van der Waals surface area contributed by atoms with E-state index in [0.717, 1.165) is 31.6 Å². The van der Waals surface area contributed by atoms with E-state index in [-0.39, 0.29) is 18.4 Å². The Kier molecular flexibility index (Phi) is 7.75. The van der Waals surface area contributed by atoms with E-state index in [2.05, 4.69) is 12.2 Å². The molecule has 0 radical (unpaired) electrons. The van der Waals surface area contributed by atoms with Gasteiger partial charge in [-0.15, -0.1) is 0 Å². The van der Waals surface area contributed by atoms with Gasteiger partial charge in [0, 0.05) is 17.7 Å². The number of nitrogens with one attached hydrogen (secondary N) is 1. The van der Waals surface area contributed by atoms with Crippen LogP contribution in [0.15, 0.2) is 18.2 Å². The zero-order valence-corrected chi connectivity index (χ0v) is 15.8. The summed E-state index contributed by atoms with van der Waals surface area (Å²) in [5.74, 6) is 1.18. The molecule has 0 unspecified atom stereocenters. The molecule has 0 aromatic heterocycles. The molecule has 26 heavy (non-hydrogen) atoms. The molecule has 1 fully saturated rings. The van der Waals surface area contributed by atoms with Gasteiger partial charge in [0.15, 0.2) is 18.1 Å². The molecule has 1 aromatic rings. The summed E-state index contributed by atoms with van der Waals surface area (Å²) in [7, 11) is 1.52. The van der Waals surface area contributed by atoms with Gasteiger partial charge < -0.3 is 20.5 Å². The first-order valence-electron chi connectivity index (χ1n) is 9.43. The SMILES string of the molecule is CCCCC1CCC(C(=O)Nc2ccc(OC)c(OCC(N)=O)c2)CC1. The Bertz CT molecular complexity index is 610. The van der Waals surface area contributed by atoms with Crippen molar-refractivity contribution in [2.24, 2.45) is 17.6 Å². The highest BCUT2D eigenvalue weighted by Crippen LogP contribution is 2.34. The first-order chi connectivity index (χ1) is 12.5. The van der Waals surface area contributed by atoms with Gasteiger partial charge in [-0.25, -0.2) is 0 Å². The topological polar surface area (TPSA) is 90.7 Å². The number of nitrogens with two attached hydrogens (primary N) is 1. The van der Waals surface area contributed by atoms with E-state index in [9.17, 15) is 9.59 Å². The monoisotopic (exact) mass is 362 g/mol. The Morgan fingerprint density at radius 2 is 1.92 bits per heavy atom. The molecule has 1 aliphatic carbocycles. The molecule has 0 heterocycles. The number of unbranched alkanes of at least 4 members (excludes halogenated alkanes) is 1. The first kappa shape index (κ1) is 20.1. The highest BCUT2D eigenvalue weighted by atomic mass is 16.5. The zero-order valence-electron chi connectivity index (χ0n) is 15.8. The number of hydrogen-bond donors (Lipinski definition) is 2. The summed E-state index contributed by atoms with van der Waals surface area (Å²) in [5, 5.41) is 2.96. The zero-order chi connectivity index (χ0) is 18.9. The van der Waals surface area contributed by atoms with Crippen LogP contribution in [0.5, 0.6) is 11.5 Å². The largest absolute Gasteiger partial charge is 0.493 e. The number of carbonyl (C=O) groups excluding carboxylic acids is 2. The van der Waals surface area contributed by atoms with E-state index in [1.54, 1.807) is 18.2 Å². The van der Waals surface area contributed by atoms with Crippen LogP contribution in [0, 0.1) is 11.8 Å². The van der Waals surface area contributed by atoms with Crippen LogP contribution in [0.1, 0.15) is 51.9 Å². The van der Waals surface area contributed by atoms with E-state index in [0.29, 0.717) is 17.2 Å².